The molecule has 0 aliphatic carbocycles. The van der Waals surface area contributed by atoms with E-state index in [1.165, 1.54) is 0 Å². The Labute approximate surface area is 102 Å². The largest absolute Gasteiger partial charge is 0.369 e. The van der Waals surface area contributed by atoms with Crippen LogP contribution in [0.3, 0.4) is 0 Å². The van der Waals surface area contributed by atoms with Crippen molar-refractivity contribution in [1.82, 2.24) is 14.4 Å². The average molecular weight is 282 g/mol. The molecule has 0 amide bonds. The number of imidazole rings is 1. The second-order valence-corrected chi connectivity index (χ2v) is 5.09. The van der Waals surface area contributed by atoms with E-state index in [4.69, 9.17) is 4.74 Å². The third kappa shape index (κ3) is 1.46. The van der Waals surface area contributed by atoms with Crippen LogP contribution in [0, 0.1) is 0 Å². The van der Waals surface area contributed by atoms with Crippen LogP contribution >= 0.6 is 15.9 Å². The molecule has 5 heteroatoms. The minimum atomic E-state index is 0.0739. The van der Waals surface area contributed by atoms with Gasteiger partial charge in [-0.1, -0.05) is 0 Å². The predicted octanol–water partition coefficient (Wildman–Crippen LogP) is 2.51. The summed E-state index contributed by atoms with van der Waals surface area (Å²) in [5, 5.41) is 0. The van der Waals surface area contributed by atoms with Crippen LogP contribution in [0.4, 0.5) is 0 Å². The number of rotatable bonds is 0. The molecular weight excluding hydrogens is 270 g/mol. The maximum Gasteiger partial charge on any atom is 0.234 e. The van der Waals surface area contributed by atoms with Gasteiger partial charge in [-0.15, -0.1) is 0 Å². The highest BCUT2D eigenvalue weighted by Gasteiger charge is 2.27. The lowest BCUT2D eigenvalue weighted by Gasteiger charge is -2.24. The van der Waals surface area contributed by atoms with E-state index in [1.807, 2.05) is 10.6 Å². The molecule has 0 N–H and O–H groups in total. The summed E-state index contributed by atoms with van der Waals surface area (Å²) in [7, 11) is 0. The summed E-state index contributed by atoms with van der Waals surface area (Å²) in [4.78, 5) is 8.84. The van der Waals surface area contributed by atoms with Crippen molar-refractivity contribution in [3.05, 3.63) is 28.3 Å². The smallest absolute Gasteiger partial charge is 0.234 e. The first-order valence-corrected chi connectivity index (χ1v) is 6.12. The van der Waals surface area contributed by atoms with Crippen LogP contribution in [-0.2, 0) is 11.2 Å². The molecule has 4 nitrogen and oxygen atoms in total. The quantitative estimate of drug-likeness (QED) is 0.745. The number of aromatic nitrogens is 3. The zero-order chi connectivity index (χ0) is 11.3. The summed E-state index contributed by atoms with van der Waals surface area (Å²) < 4.78 is 8.77. The van der Waals surface area contributed by atoms with Gasteiger partial charge in [0.2, 0.25) is 5.78 Å². The van der Waals surface area contributed by atoms with Crippen molar-refractivity contribution in [3.8, 4) is 0 Å². The molecule has 0 aromatic carbocycles. The zero-order valence-electron chi connectivity index (χ0n) is 9.14. The maximum atomic E-state index is 5.81. The number of ether oxygens (including phenoxy) is 1. The molecule has 1 aliphatic heterocycles. The summed E-state index contributed by atoms with van der Waals surface area (Å²) >= 11 is 3.42. The fourth-order valence-electron chi connectivity index (χ4n) is 2.29. The van der Waals surface area contributed by atoms with E-state index in [2.05, 4.69) is 39.7 Å². The van der Waals surface area contributed by atoms with E-state index < -0.39 is 0 Å². The van der Waals surface area contributed by atoms with Gasteiger partial charge in [0, 0.05) is 18.8 Å². The van der Waals surface area contributed by atoms with Gasteiger partial charge in [-0.3, -0.25) is 4.40 Å². The van der Waals surface area contributed by atoms with Gasteiger partial charge in [-0.05, 0) is 29.8 Å². The monoisotopic (exact) mass is 281 g/mol. The van der Waals surface area contributed by atoms with Crippen LogP contribution in [0.25, 0.3) is 5.78 Å². The fourth-order valence-corrected chi connectivity index (χ4v) is 2.59. The van der Waals surface area contributed by atoms with Gasteiger partial charge in [0.05, 0.1) is 28.1 Å². The van der Waals surface area contributed by atoms with Crippen LogP contribution in [0.2, 0.25) is 0 Å². The van der Waals surface area contributed by atoms with Gasteiger partial charge in [0.1, 0.15) is 0 Å². The van der Waals surface area contributed by atoms with Crippen molar-refractivity contribution in [3.63, 3.8) is 0 Å². The summed E-state index contributed by atoms with van der Waals surface area (Å²) in [6.45, 7) is 4.14. The standard InChI is InChI=1S/C11H12BrN3O/c1-6-3-9-10(7(2)16-6)15-5-8(12)4-13-11(15)14-9/h4-7H,3H2,1-2H3. The first kappa shape index (κ1) is 10.2. The second-order valence-electron chi connectivity index (χ2n) is 4.18. The molecule has 0 spiro atoms. The molecule has 3 rings (SSSR count). The Balaban J connectivity index is 2.27. The molecule has 84 valence electrons. The zero-order valence-corrected chi connectivity index (χ0v) is 10.7. The van der Waals surface area contributed by atoms with Crippen LogP contribution in [0.1, 0.15) is 31.3 Å². The molecule has 0 radical (unpaired) electrons. The van der Waals surface area contributed by atoms with Crippen molar-refractivity contribution in [2.45, 2.75) is 32.5 Å². The molecule has 2 unspecified atom stereocenters. The highest BCUT2D eigenvalue weighted by Crippen LogP contribution is 2.30. The lowest BCUT2D eigenvalue weighted by atomic mass is 10.1. The highest BCUT2D eigenvalue weighted by molar-refractivity contribution is 9.10. The number of fused-ring (bicyclic) bond motifs is 3. The summed E-state index contributed by atoms with van der Waals surface area (Å²) in [6, 6.07) is 0. The molecule has 0 saturated heterocycles. The van der Waals surface area contributed by atoms with E-state index in [0.29, 0.717) is 0 Å². The first-order valence-electron chi connectivity index (χ1n) is 5.33. The molecule has 0 fully saturated rings. The Morgan fingerprint density at radius 1 is 1.50 bits per heavy atom. The third-order valence-corrected chi connectivity index (χ3v) is 3.27. The number of hydrogen-bond donors (Lipinski definition) is 0. The van der Waals surface area contributed by atoms with E-state index in [0.717, 1.165) is 28.1 Å². The molecular formula is C11H12BrN3O. The molecule has 3 heterocycles. The molecule has 2 aromatic heterocycles. The maximum absolute atomic E-state index is 5.81. The SMILES string of the molecule is CC1Cc2nc3ncc(Br)cn3c2C(C)O1. The van der Waals surface area contributed by atoms with E-state index >= 15 is 0 Å². The molecule has 2 aromatic rings. The molecule has 0 saturated carbocycles. The average Bonchev–Trinajstić information content (AvgIpc) is 2.54. The molecule has 1 aliphatic rings. The lowest BCUT2D eigenvalue weighted by Crippen LogP contribution is -2.22. The van der Waals surface area contributed by atoms with E-state index in [9.17, 15) is 0 Å². The van der Waals surface area contributed by atoms with Gasteiger partial charge in [-0.2, -0.15) is 0 Å². The van der Waals surface area contributed by atoms with Crippen molar-refractivity contribution < 1.29 is 4.74 Å². The minimum absolute atomic E-state index is 0.0739. The Morgan fingerprint density at radius 2 is 2.31 bits per heavy atom. The van der Waals surface area contributed by atoms with Crippen molar-refractivity contribution in [1.29, 1.82) is 0 Å². The second kappa shape index (κ2) is 3.53. The molecule has 16 heavy (non-hydrogen) atoms. The van der Waals surface area contributed by atoms with E-state index in [-0.39, 0.29) is 12.2 Å². The first-order chi connectivity index (χ1) is 7.65. The van der Waals surface area contributed by atoms with Crippen LogP contribution in [0.15, 0.2) is 16.9 Å². The van der Waals surface area contributed by atoms with Gasteiger partial charge < -0.3 is 4.74 Å². The Morgan fingerprint density at radius 3 is 3.12 bits per heavy atom. The number of nitrogens with zero attached hydrogens (tertiary/aromatic N) is 3. The molecule has 2 atom stereocenters. The van der Waals surface area contributed by atoms with Gasteiger partial charge >= 0.3 is 0 Å². The fraction of sp³-hybridized carbons (Fsp3) is 0.455. The number of hydrogen-bond acceptors (Lipinski definition) is 3. The van der Waals surface area contributed by atoms with E-state index in [1.54, 1.807) is 6.20 Å². The van der Waals surface area contributed by atoms with Crippen LogP contribution in [-0.4, -0.2) is 20.5 Å². The van der Waals surface area contributed by atoms with Gasteiger partial charge in [0.15, 0.2) is 0 Å². The third-order valence-electron chi connectivity index (χ3n) is 2.86. The Bertz CT molecular complexity index is 551. The predicted molar refractivity (Wildman–Crippen MR) is 63.4 cm³/mol. The highest BCUT2D eigenvalue weighted by atomic mass is 79.9. The summed E-state index contributed by atoms with van der Waals surface area (Å²) in [5.41, 5.74) is 2.23. The summed E-state index contributed by atoms with van der Waals surface area (Å²) in [6.07, 6.45) is 4.92. The molecule has 0 bridgehead atoms. The van der Waals surface area contributed by atoms with Crippen molar-refractivity contribution >= 4 is 21.7 Å². The Kier molecular flexibility index (Phi) is 2.26. The van der Waals surface area contributed by atoms with Gasteiger partial charge in [-0.25, -0.2) is 9.97 Å². The normalized spacial score (nSPS) is 24.7. The van der Waals surface area contributed by atoms with Crippen molar-refractivity contribution in [2.24, 2.45) is 0 Å². The Hall–Kier alpha value is -0.940. The topological polar surface area (TPSA) is 39.4 Å². The number of halogens is 1. The van der Waals surface area contributed by atoms with Crippen molar-refractivity contribution in [2.75, 3.05) is 0 Å². The van der Waals surface area contributed by atoms with Crippen LogP contribution in [0.5, 0.6) is 0 Å². The van der Waals surface area contributed by atoms with Gasteiger partial charge in [0.25, 0.3) is 0 Å². The lowest BCUT2D eigenvalue weighted by molar-refractivity contribution is -0.00834. The summed E-state index contributed by atoms with van der Waals surface area (Å²) in [5.74, 6) is 0.748. The minimum Gasteiger partial charge on any atom is -0.369 e. The van der Waals surface area contributed by atoms with Crippen LogP contribution < -0.4 is 0 Å².